The summed E-state index contributed by atoms with van der Waals surface area (Å²) >= 11 is 1.51. The molecule has 0 aromatic heterocycles. The van der Waals surface area contributed by atoms with Crippen molar-refractivity contribution in [2.45, 2.75) is 44.7 Å². The molecule has 19 heavy (non-hydrogen) atoms. The molecule has 2 rings (SSSR count). The molecule has 5 nitrogen and oxygen atoms in total. The highest BCUT2D eigenvalue weighted by atomic mass is 32.2. The Morgan fingerprint density at radius 1 is 1.26 bits per heavy atom. The van der Waals surface area contributed by atoms with E-state index in [0.29, 0.717) is 11.6 Å². The van der Waals surface area contributed by atoms with E-state index in [2.05, 4.69) is 6.92 Å². The van der Waals surface area contributed by atoms with Crippen LogP contribution in [0.15, 0.2) is 0 Å². The Bertz CT molecular complexity index is 356. The first-order valence-electron chi connectivity index (χ1n) is 6.84. The molecule has 0 radical (unpaired) electrons. The average Bonchev–Trinajstić information content (AvgIpc) is 2.87. The molecule has 0 bridgehead atoms. The lowest BCUT2D eigenvalue weighted by atomic mass is 9.87. The minimum absolute atomic E-state index is 0.128. The third kappa shape index (κ3) is 3.16. The van der Waals surface area contributed by atoms with Gasteiger partial charge >= 0.3 is 12.0 Å². The van der Waals surface area contributed by atoms with Crippen molar-refractivity contribution in [2.24, 2.45) is 5.92 Å². The lowest BCUT2D eigenvalue weighted by Gasteiger charge is -2.36. The van der Waals surface area contributed by atoms with Crippen LogP contribution in [0.25, 0.3) is 0 Å². The summed E-state index contributed by atoms with van der Waals surface area (Å²) in [5.41, 5.74) is 0. The number of hydrogen-bond donors (Lipinski definition) is 1. The number of nitrogens with zero attached hydrogens (tertiary/aromatic N) is 2. The first kappa shape index (κ1) is 14.5. The number of aliphatic carboxylic acids is 1. The van der Waals surface area contributed by atoms with Crippen molar-refractivity contribution in [3.05, 3.63) is 0 Å². The molecule has 1 unspecified atom stereocenters. The van der Waals surface area contributed by atoms with Gasteiger partial charge in [0.05, 0.1) is 5.88 Å². The second kappa shape index (κ2) is 6.03. The fraction of sp³-hybridized carbons (Fsp3) is 0.846. The zero-order chi connectivity index (χ0) is 14.0. The Morgan fingerprint density at radius 3 is 2.47 bits per heavy atom. The molecule has 2 amide bonds. The molecule has 1 atom stereocenters. The largest absolute Gasteiger partial charge is 0.480 e. The monoisotopic (exact) mass is 286 g/mol. The van der Waals surface area contributed by atoms with E-state index in [1.54, 1.807) is 4.90 Å². The Hall–Kier alpha value is -0.910. The van der Waals surface area contributed by atoms with Gasteiger partial charge in [0.15, 0.2) is 0 Å². The highest BCUT2D eigenvalue weighted by Crippen LogP contribution is 2.29. The van der Waals surface area contributed by atoms with Gasteiger partial charge in [-0.25, -0.2) is 9.59 Å². The van der Waals surface area contributed by atoms with Crippen LogP contribution in [0.2, 0.25) is 0 Å². The van der Waals surface area contributed by atoms with Crippen LogP contribution in [0, 0.1) is 5.92 Å². The number of carboxylic acid groups (broad SMARTS) is 1. The van der Waals surface area contributed by atoms with E-state index in [-0.39, 0.29) is 12.1 Å². The molecule has 2 fully saturated rings. The van der Waals surface area contributed by atoms with Crippen LogP contribution >= 0.6 is 11.8 Å². The summed E-state index contributed by atoms with van der Waals surface area (Å²) in [4.78, 5) is 26.8. The maximum Gasteiger partial charge on any atom is 0.327 e. The number of thioether (sulfide) groups is 1. The third-order valence-electron chi connectivity index (χ3n) is 4.25. The Labute approximate surface area is 118 Å². The molecule has 0 aromatic carbocycles. The summed E-state index contributed by atoms with van der Waals surface area (Å²) in [7, 11) is 1.81. The summed E-state index contributed by atoms with van der Waals surface area (Å²) in [6, 6.07) is -0.525. The average molecular weight is 286 g/mol. The van der Waals surface area contributed by atoms with Crippen LogP contribution in [0.1, 0.15) is 32.6 Å². The Morgan fingerprint density at radius 2 is 1.89 bits per heavy atom. The van der Waals surface area contributed by atoms with Crippen molar-refractivity contribution in [1.29, 1.82) is 0 Å². The maximum atomic E-state index is 12.4. The number of carboxylic acids is 1. The number of hydrogen-bond acceptors (Lipinski definition) is 3. The highest BCUT2D eigenvalue weighted by Gasteiger charge is 2.37. The van der Waals surface area contributed by atoms with Crippen LogP contribution in [0.3, 0.4) is 0 Å². The maximum absolute atomic E-state index is 12.4. The van der Waals surface area contributed by atoms with E-state index >= 15 is 0 Å². The molecule has 6 heteroatoms. The standard InChI is InChI=1S/C13H22N2O3S/c1-9-3-5-10(6-4-9)14(2)13(18)15-8-19-7-11(15)12(16)17/h9-11H,3-8H2,1-2H3,(H,16,17). The number of carbonyl (C=O) groups excluding carboxylic acids is 1. The molecule has 2 aliphatic rings. The summed E-state index contributed by atoms with van der Waals surface area (Å²) in [5, 5.41) is 9.13. The topological polar surface area (TPSA) is 60.9 Å². The molecule has 1 heterocycles. The van der Waals surface area contributed by atoms with Gasteiger partial charge in [0, 0.05) is 18.8 Å². The van der Waals surface area contributed by atoms with E-state index in [9.17, 15) is 9.59 Å². The molecule has 1 N–H and O–H groups in total. The SMILES string of the molecule is CC1CCC(N(C)C(=O)N2CSCC2C(=O)O)CC1. The fourth-order valence-corrected chi connectivity index (χ4v) is 3.96. The quantitative estimate of drug-likeness (QED) is 0.844. The van der Waals surface area contributed by atoms with Gasteiger partial charge in [-0.1, -0.05) is 6.92 Å². The van der Waals surface area contributed by atoms with Gasteiger partial charge in [0.2, 0.25) is 0 Å². The molecule has 1 saturated heterocycles. The summed E-state index contributed by atoms with van der Waals surface area (Å²) in [6.45, 7) is 2.25. The van der Waals surface area contributed by atoms with Crippen molar-refractivity contribution < 1.29 is 14.7 Å². The number of amides is 2. The zero-order valence-electron chi connectivity index (χ0n) is 11.5. The molecule has 1 aliphatic heterocycles. The second-order valence-corrected chi connectivity index (χ2v) is 6.63. The number of carbonyl (C=O) groups is 2. The van der Waals surface area contributed by atoms with E-state index in [1.807, 2.05) is 7.05 Å². The lowest BCUT2D eigenvalue weighted by Crippen LogP contribution is -2.51. The smallest absolute Gasteiger partial charge is 0.327 e. The summed E-state index contributed by atoms with van der Waals surface area (Å²) < 4.78 is 0. The Kier molecular flexibility index (Phi) is 4.60. The summed E-state index contributed by atoms with van der Waals surface area (Å²) in [6.07, 6.45) is 4.36. The van der Waals surface area contributed by atoms with Crippen molar-refractivity contribution >= 4 is 23.8 Å². The van der Waals surface area contributed by atoms with Crippen molar-refractivity contribution in [1.82, 2.24) is 9.80 Å². The lowest BCUT2D eigenvalue weighted by molar-refractivity contribution is -0.141. The third-order valence-corrected chi connectivity index (χ3v) is 5.26. The minimum Gasteiger partial charge on any atom is -0.480 e. The highest BCUT2D eigenvalue weighted by molar-refractivity contribution is 7.99. The molecule has 0 aromatic rings. The first-order valence-corrected chi connectivity index (χ1v) is 8.00. The van der Waals surface area contributed by atoms with Gasteiger partial charge in [-0.15, -0.1) is 11.8 Å². The van der Waals surface area contributed by atoms with Crippen LogP contribution < -0.4 is 0 Å². The molecule has 1 saturated carbocycles. The predicted octanol–water partition coefficient (Wildman–Crippen LogP) is 2.08. The normalized spacial score (nSPS) is 31.3. The minimum atomic E-state index is -0.899. The summed E-state index contributed by atoms with van der Waals surface area (Å²) in [5.74, 6) is 0.831. The van der Waals surface area contributed by atoms with E-state index in [1.165, 1.54) is 16.7 Å². The molecule has 0 spiro atoms. The van der Waals surface area contributed by atoms with Gasteiger partial charge in [-0.3, -0.25) is 0 Å². The molecular formula is C13H22N2O3S. The van der Waals surface area contributed by atoms with Crippen LogP contribution in [0.4, 0.5) is 4.79 Å². The predicted molar refractivity (Wildman–Crippen MR) is 75.2 cm³/mol. The second-order valence-electron chi connectivity index (χ2n) is 5.63. The molecule has 108 valence electrons. The van der Waals surface area contributed by atoms with Gasteiger partial charge < -0.3 is 14.9 Å². The molecular weight excluding hydrogens is 264 g/mol. The van der Waals surface area contributed by atoms with Gasteiger partial charge in [-0.2, -0.15) is 0 Å². The van der Waals surface area contributed by atoms with Crippen LogP contribution in [-0.2, 0) is 4.79 Å². The van der Waals surface area contributed by atoms with Gasteiger partial charge in [-0.05, 0) is 31.6 Å². The zero-order valence-corrected chi connectivity index (χ0v) is 12.4. The van der Waals surface area contributed by atoms with Gasteiger partial charge in [0.25, 0.3) is 0 Å². The molecule has 1 aliphatic carbocycles. The van der Waals surface area contributed by atoms with Gasteiger partial charge in [0.1, 0.15) is 6.04 Å². The Balaban J connectivity index is 1.96. The van der Waals surface area contributed by atoms with Crippen molar-refractivity contribution in [3.63, 3.8) is 0 Å². The van der Waals surface area contributed by atoms with E-state index < -0.39 is 12.0 Å². The van der Waals surface area contributed by atoms with E-state index in [0.717, 1.165) is 31.6 Å². The van der Waals surface area contributed by atoms with Crippen LogP contribution in [-0.4, -0.2) is 57.7 Å². The number of urea groups is 1. The van der Waals surface area contributed by atoms with Crippen LogP contribution in [0.5, 0.6) is 0 Å². The van der Waals surface area contributed by atoms with E-state index in [4.69, 9.17) is 5.11 Å². The van der Waals surface area contributed by atoms with Crippen molar-refractivity contribution in [3.8, 4) is 0 Å². The van der Waals surface area contributed by atoms with Crippen molar-refractivity contribution in [2.75, 3.05) is 18.7 Å². The first-order chi connectivity index (χ1) is 9.00. The number of rotatable bonds is 2. The fourth-order valence-electron chi connectivity index (χ4n) is 2.82.